The van der Waals surface area contributed by atoms with Crippen molar-refractivity contribution in [3.63, 3.8) is 0 Å². The van der Waals surface area contributed by atoms with Gasteiger partial charge >= 0.3 is 5.97 Å². The quantitative estimate of drug-likeness (QED) is 0.848. The maximum Gasteiger partial charge on any atom is 0.307 e. The van der Waals surface area contributed by atoms with Crippen LogP contribution in [-0.2, 0) is 9.59 Å². The molecule has 0 saturated heterocycles. The third-order valence-electron chi connectivity index (χ3n) is 3.06. The summed E-state index contributed by atoms with van der Waals surface area (Å²) in [5.74, 6) is -2.15. The van der Waals surface area contributed by atoms with Crippen molar-refractivity contribution in [1.29, 1.82) is 5.26 Å². The molecule has 1 saturated carbocycles. The van der Waals surface area contributed by atoms with Gasteiger partial charge in [0.05, 0.1) is 24.5 Å². The summed E-state index contributed by atoms with van der Waals surface area (Å²) in [6.45, 7) is 0. The smallest absolute Gasteiger partial charge is 0.307 e. The van der Waals surface area contributed by atoms with E-state index in [0.717, 1.165) is 0 Å². The van der Waals surface area contributed by atoms with Crippen LogP contribution in [0.15, 0.2) is 18.2 Å². The van der Waals surface area contributed by atoms with Gasteiger partial charge in [0.1, 0.15) is 17.5 Å². The predicted molar refractivity (Wildman–Crippen MR) is 65.6 cm³/mol. The minimum atomic E-state index is -0.972. The molecule has 0 aliphatic heterocycles. The summed E-state index contributed by atoms with van der Waals surface area (Å²) >= 11 is 0. The number of hydrogen-bond acceptors (Lipinski definition) is 4. The molecule has 2 N–H and O–H groups in total. The molecule has 0 radical (unpaired) electrons. The lowest BCUT2D eigenvalue weighted by molar-refractivity contribution is -0.139. The number of methoxy groups -OCH3 is 1. The summed E-state index contributed by atoms with van der Waals surface area (Å²) in [6, 6.07) is 6.78. The molecule has 6 nitrogen and oxygen atoms in total. The number of anilines is 1. The molecule has 6 heteroatoms. The Morgan fingerprint density at radius 1 is 1.47 bits per heavy atom. The number of rotatable bonds is 4. The largest absolute Gasteiger partial charge is 0.495 e. The van der Waals surface area contributed by atoms with Crippen molar-refractivity contribution in [3.8, 4) is 11.8 Å². The highest BCUT2D eigenvalue weighted by Gasteiger charge is 2.48. The van der Waals surface area contributed by atoms with Crippen molar-refractivity contribution >= 4 is 17.6 Å². The SMILES string of the molecule is COc1cccc(C#N)c1NC(=O)[C@@H]1C[C@@H]1C(=O)O. The van der Waals surface area contributed by atoms with E-state index in [4.69, 9.17) is 15.1 Å². The van der Waals surface area contributed by atoms with Gasteiger partial charge < -0.3 is 15.2 Å². The highest BCUT2D eigenvalue weighted by molar-refractivity contribution is 6.00. The zero-order chi connectivity index (χ0) is 14.0. The van der Waals surface area contributed by atoms with Crippen molar-refractivity contribution in [1.82, 2.24) is 0 Å². The van der Waals surface area contributed by atoms with Gasteiger partial charge in [0.2, 0.25) is 5.91 Å². The van der Waals surface area contributed by atoms with Crippen LogP contribution >= 0.6 is 0 Å². The Morgan fingerprint density at radius 2 is 2.21 bits per heavy atom. The van der Waals surface area contributed by atoms with Crippen molar-refractivity contribution < 1.29 is 19.4 Å². The number of nitrogens with zero attached hydrogens (tertiary/aromatic N) is 1. The van der Waals surface area contributed by atoms with Crippen LogP contribution in [0, 0.1) is 23.2 Å². The zero-order valence-electron chi connectivity index (χ0n) is 10.2. The third kappa shape index (κ3) is 2.50. The van der Waals surface area contributed by atoms with Crippen LogP contribution in [0.1, 0.15) is 12.0 Å². The average Bonchev–Trinajstić information content (AvgIpc) is 3.19. The molecule has 19 heavy (non-hydrogen) atoms. The first-order chi connectivity index (χ1) is 9.08. The molecule has 1 aliphatic rings. The number of carbonyl (C=O) groups is 2. The summed E-state index contributed by atoms with van der Waals surface area (Å²) in [6.07, 6.45) is 0.332. The van der Waals surface area contributed by atoms with Crippen molar-refractivity contribution in [2.75, 3.05) is 12.4 Å². The van der Waals surface area contributed by atoms with E-state index in [9.17, 15) is 9.59 Å². The highest BCUT2D eigenvalue weighted by atomic mass is 16.5. The summed E-state index contributed by atoms with van der Waals surface area (Å²) < 4.78 is 5.08. The second-order valence-electron chi connectivity index (χ2n) is 4.27. The molecule has 1 amide bonds. The Balaban J connectivity index is 2.18. The van der Waals surface area contributed by atoms with Gasteiger partial charge in [-0.1, -0.05) is 6.07 Å². The molecule has 0 spiro atoms. The lowest BCUT2D eigenvalue weighted by Crippen LogP contribution is -2.18. The van der Waals surface area contributed by atoms with E-state index in [1.54, 1.807) is 18.2 Å². The monoisotopic (exact) mass is 260 g/mol. The predicted octanol–water partition coefficient (Wildman–Crippen LogP) is 1.23. The Labute approximate surface area is 109 Å². The minimum absolute atomic E-state index is 0.278. The number of ether oxygens (including phenoxy) is 1. The molecule has 0 aromatic heterocycles. The lowest BCUT2D eigenvalue weighted by atomic mass is 10.1. The molecule has 98 valence electrons. The second-order valence-corrected chi connectivity index (χ2v) is 4.27. The van der Waals surface area contributed by atoms with E-state index in [0.29, 0.717) is 12.2 Å². The maximum absolute atomic E-state index is 11.9. The first-order valence-electron chi connectivity index (χ1n) is 5.69. The van der Waals surface area contributed by atoms with Crippen molar-refractivity contribution in [3.05, 3.63) is 23.8 Å². The lowest BCUT2D eigenvalue weighted by Gasteiger charge is -2.11. The van der Waals surface area contributed by atoms with E-state index >= 15 is 0 Å². The third-order valence-corrected chi connectivity index (χ3v) is 3.06. The van der Waals surface area contributed by atoms with E-state index < -0.39 is 23.7 Å². The fourth-order valence-corrected chi connectivity index (χ4v) is 1.90. The van der Waals surface area contributed by atoms with Gasteiger partial charge in [0.15, 0.2) is 0 Å². The topological polar surface area (TPSA) is 99.4 Å². The molecule has 2 rings (SSSR count). The molecular weight excluding hydrogens is 248 g/mol. The Morgan fingerprint density at radius 3 is 2.74 bits per heavy atom. The molecular formula is C13H12N2O4. The standard InChI is InChI=1S/C13H12N2O4/c1-19-10-4-2-3-7(6-14)11(10)15-12(16)8-5-9(8)13(17)18/h2-4,8-9H,5H2,1H3,(H,15,16)(H,17,18)/t8-,9+/m1/s1. The van der Waals surface area contributed by atoms with Crippen LogP contribution in [0.3, 0.4) is 0 Å². The van der Waals surface area contributed by atoms with Crippen molar-refractivity contribution in [2.24, 2.45) is 11.8 Å². The summed E-state index contributed by atoms with van der Waals surface area (Å²) in [5.41, 5.74) is 0.564. The van der Waals surface area contributed by atoms with Crippen LogP contribution in [0.4, 0.5) is 5.69 Å². The highest BCUT2D eigenvalue weighted by Crippen LogP contribution is 2.40. The van der Waals surface area contributed by atoms with Gasteiger partial charge in [-0.05, 0) is 18.6 Å². The van der Waals surface area contributed by atoms with Crippen LogP contribution in [0.2, 0.25) is 0 Å². The number of carboxylic acids is 1. The van der Waals surface area contributed by atoms with Gasteiger partial charge in [0.25, 0.3) is 0 Å². The molecule has 1 aliphatic carbocycles. The van der Waals surface area contributed by atoms with Crippen molar-refractivity contribution in [2.45, 2.75) is 6.42 Å². The van der Waals surface area contributed by atoms with Gasteiger partial charge in [-0.2, -0.15) is 5.26 Å². The number of amides is 1. The van der Waals surface area contributed by atoms with Crippen LogP contribution in [0.5, 0.6) is 5.75 Å². The fraction of sp³-hybridized carbons (Fsp3) is 0.308. The number of nitrogens with one attached hydrogen (secondary N) is 1. The summed E-state index contributed by atoms with van der Waals surface area (Å²) in [7, 11) is 1.43. The molecule has 0 unspecified atom stereocenters. The van der Waals surface area contributed by atoms with E-state index in [1.807, 2.05) is 6.07 Å². The first kappa shape index (κ1) is 12.9. The molecule has 1 aromatic rings. The number of nitriles is 1. The Hall–Kier alpha value is -2.55. The number of hydrogen-bond donors (Lipinski definition) is 2. The normalized spacial score (nSPS) is 20.2. The van der Waals surface area contributed by atoms with Crippen LogP contribution < -0.4 is 10.1 Å². The first-order valence-corrected chi connectivity index (χ1v) is 5.69. The number of carboxylic acid groups (broad SMARTS) is 1. The van der Waals surface area contributed by atoms with Gasteiger partial charge in [-0.3, -0.25) is 9.59 Å². The summed E-state index contributed by atoms with van der Waals surface area (Å²) in [5, 5.41) is 20.4. The molecule has 1 fully saturated rings. The number of carbonyl (C=O) groups excluding carboxylic acids is 1. The molecule has 2 atom stereocenters. The Kier molecular flexibility index (Phi) is 3.38. The molecule has 0 bridgehead atoms. The molecule has 0 heterocycles. The zero-order valence-corrected chi connectivity index (χ0v) is 10.2. The average molecular weight is 260 g/mol. The molecule has 1 aromatic carbocycles. The van der Waals surface area contributed by atoms with Gasteiger partial charge in [0, 0.05) is 0 Å². The number of para-hydroxylation sites is 1. The van der Waals surface area contributed by atoms with E-state index in [1.165, 1.54) is 7.11 Å². The second kappa shape index (κ2) is 4.98. The van der Waals surface area contributed by atoms with Crippen LogP contribution in [-0.4, -0.2) is 24.1 Å². The maximum atomic E-state index is 11.9. The number of aliphatic carboxylic acids is 1. The van der Waals surface area contributed by atoms with Gasteiger partial charge in [-0.15, -0.1) is 0 Å². The van der Waals surface area contributed by atoms with E-state index in [-0.39, 0.29) is 11.3 Å². The summed E-state index contributed by atoms with van der Waals surface area (Å²) in [4.78, 5) is 22.6. The fourth-order valence-electron chi connectivity index (χ4n) is 1.90. The Bertz CT molecular complexity index is 576. The number of benzene rings is 1. The minimum Gasteiger partial charge on any atom is -0.495 e. The van der Waals surface area contributed by atoms with E-state index in [2.05, 4.69) is 5.32 Å². The van der Waals surface area contributed by atoms with Crippen LogP contribution in [0.25, 0.3) is 0 Å². The van der Waals surface area contributed by atoms with Gasteiger partial charge in [-0.25, -0.2) is 0 Å².